The second-order valence-corrected chi connectivity index (χ2v) is 6.75. The fourth-order valence-corrected chi connectivity index (χ4v) is 3.33. The van der Waals surface area contributed by atoms with Crippen LogP contribution in [-0.4, -0.2) is 30.1 Å². The molecule has 2 heterocycles. The molecule has 1 aliphatic rings. The Balaban J connectivity index is 1.63. The van der Waals surface area contributed by atoms with Crippen molar-refractivity contribution < 1.29 is 13.9 Å². The molecule has 7 heteroatoms. The Hall–Kier alpha value is -2.08. The number of ether oxygens (including phenoxy) is 1. The van der Waals surface area contributed by atoms with Gasteiger partial charge in [0.15, 0.2) is 5.58 Å². The maximum absolute atomic E-state index is 12.3. The van der Waals surface area contributed by atoms with E-state index in [1.165, 1.54) is 0 Å². The highest BCUT2D eigenvalue weighted by atomic mass is 35.5. The summed E-state index contributed by atoms with van der Waals surface area (Å²) in [6.07, 6.45) is 0.748. The summed E-state index contributed by atoms with van der Waals surface area (Å²) in [4.78, 5) is 16.7. The second-order valence-electron chi connectivity index (χ2n) is 5.88. The molecule has 0 saturated carbocycles. The van der Waals surface area contributed by atoms with Crippen molar-refractivity contribution in [3.8, 4) is 11.5 Å². The van der Waals surface area contributed by atoms with E-state index in [1.807, 2.05) is 0 Å². The Morgan fingerprint density at radius 3 is 2.72 bits per heavy atom. The molecule has 1 aliphatic heterocycles. The highest BCUT2D eigenvalue weighted by molar-refractivity contribution is 6.35. The maximum atomic E-state index is 12.3. The SMILES string of the molecule is O=C(OC1CCNC1)c1ccc2nc(-c3cc(Cl)cc(Cl)c3)oc2c1. The van der Waals surface area contributed by atoms with Crippen molar-refractivity contribution in [3.63, 3.8) is 0 Å². The minimum atomic E-state index is -0.362. The lowest BCUT2D eigenvalue weighted by atomic mass is 10.2. The van der Waals surface area contributed by atoms with Gasteiger partial charge in [-0.25, -0.2) is 9.78 Å². The predicted molar refractivity (Wildman–Crippen MR) is 96.2 cm³/mol. The molecule has 0 bridgehead atoms. The summed E-state index contributed by atoms with van der Waals surface area (Å²) in [5, 5.41) is 4.16. The predicted octanol–water partition coefficient (Wildman–Crippen LogP) is 4.32. The lowest BCUT2D eigenvalue weighted by Gasteiger charge is -2.10. The van der Waals surface area contributed by atoms with Gasteiger partial charge in [0.1, 0.15) is 11.6 Å². The van der Waals surface area contributed by atoms with Crippen molar-refractivity contribution >= 4 is 40.3 Å². The lowest BCUT2D eigenvalue weighted by Crippen LogP contribution is -2.20. The monoisotopic (exact) mass is 376 g/mol. The molecule has 0 amide bonds. The Labute approximate surface area is 153 Å². The minimum Gasteiger partial charge on any atom is -0.457 e. The molecule has 2 aromatic carbocycles. The first-order chi connectivity index (χ1) is 12.1. The Kier molecular flexibility index (Phi) is 4.37. The van der Waals surface area contributed by atoms with Crippen LogP contribution in [0, 0.1) is 0 Å². The summed E-state index contributed by atoms with van der Waals surface area (Å²) in [5.41, 5.74) is 2.26. The molecule has 1 atom stereocenters. The standard InChI is InChI=1S/C18H14Cl2N2O3/c19-12-5-11(6-13(20)8-12)17-22-15-2-1-10(7-16(15)25-17)18(23)24-14-3-4-21-9-14/h1-2,5-8,14,21H,3-4,9H2. The topological polar surface area (TPSA) is 64.4 Å². The van der Waals surface area contributed by atoms with Gasteiger partial charge in [0.2, 0.25) is 5.89 Å². The molecule has 25 heavy (non-hydrogen) atoms. The van der Waals surface area contributed by atoms with Gasteiger partial charge in [-0.15, -0.1) is 0 Å². The van der Waals surface area contributed by atoms with Crippen LogP contribution in [0.15, 0.2) is 40.8 Å². The first-order valence-electron chi connectivity index (χ1n) is 7.87. The summed E-state index contributed by atoms with van der Waals surface area (Å²) in [6.45, 7) is 1.56. The number of benzene rings is 2. The Bertz CT molecular complexity index is 928. The third-order valence-corrected chi connectivity index (χ3v) is 4.46. The molecule has 0 spiro atoms. The van der Waals surface area contributed by atoms with Gasteiger partial charge in [0.05, 0.1) is 5.56 Å². The molecule has 1 saturated heterocycles. The molecule has 5 nitrogen and oxygen atoms in total. The van der Waals surface area contributed by atoms with Gasteiger partial charge in [-0.2, -0.15) is 0 Å². The van der Waals surface area contributed by atoms with Crippen LogP contribution in [0.4, 0.5) is 0 Å². The molecule has 1 fully saturated rings. The summed E-state index contributed by atoms with van der Waals surface area (Å²) < 4.78 is 11.2. The largest absolute Gasteiger partial charge is 0.457 e. The molecular weight excluding hydrogens is 363 g/mol. The minimum absolute atomic E-state index is 0.0814. The van der Waals surface area contributed by atoms with Crippen molar-refractivity contribution in [1.82, 2.24) is 10.3 Å². The zero-order valence-corrected chi connectivity index (χ0v) is 14.6. The van der Waals surface area contributed by atoms with Crippen molar-refractivity contribution in [2.24, 2.45) is 0 Å². The molecule has 0 radical (unpaired) electrons. The number of oxazole rings is 1. The second kappa shape index (κ2) is 6.67. The molecule has 128 valence electrons. The smallest absolute Gasteiger partial charge is 0.338 e. The quantitative estimate of drug-likeness (QED) is 0.689. The van der Waals surface area contributed by atoms with Crippen LogP contribution in [0.25, 0.3) is 22.6 Å². The zero-order valence-electron chi connectivity index (χ0n) is 13.1. The van der Waals surface area contributed by atoms with E-state index in [9.17, 15) is 4.79 Å². The van der Waals surface area contributed by atoms with Gasteiger partial charge < -0.3 is 14.5 Å². The highest BCUT2D eigenvalue weighted by Crippen LogP contribution is 2.29. The van der Waals surface area contributed by atoms with Crippen LogP contribution < -0.4 is 5.32 Å². The van der Waals surface area contributed by atoms with Crippen molar-refractivity contribution in [3.05, 3.63) is 52.0 Å². The number of nitrogens with zero attached hydrogens (tertiary/aromatic N) is 1. The molecule has 0 aliphatic carbocycles. The highest BCUT2D eigenvalue weighted by Gasteiger charge is 2.20. The summed E-state index contributed by atoms with van der Waals surface area (Å²) >= 11 is 12.1. The molecule has 1 aromatic heterocycles. The molecule has 4 rings (SSSR count). The molecule has 3 aromatic rings. The van der Waals surface area contributed by atoms with Crippen LogP contribution in [0.3, 0.4) is 0 Å². The fourth-order valence-electron chi connectivity index (χ4n) is 2.80. The number of aromatic nitrogens is 1. The van der Waals surface area contributed by atoms with Crippen LogP contribution in [0.5, 0.6) is 0 Å². The number of halogens is 2. The lowest BCUT2D eigenvalue weighted by molar-refractivity contribution is 0.0344. The average Bonchev–Trinajstić information content (AvgIpc) is 3.22. The third kappa shape index (κ3) is 3.49. The van der Waals surface area contributed by atoms with E-state index in [4.69, 9.17) is 32.4 Å². The van der Waals surface area contributed by atoms with Gasteiger partial charge in [-0.3, -0.25) is 0 Å². The number of esters is 1. The van der Waals surface area contributed by atoms with E-state index < -0.39 is 0 Å². The zero-order chi connectivity index (χ0) is 17.4. The Morgan fingerprint density at radius 1 is 1.20 bits per heavy atom. The Morgan fingerprint density at radius 2 is 2.00 bits per heavy atom. The molecule has 1 unspecified atom stereocenters. The van der Waals surface area contributed by atoms with Crippen LogP contribution in [0.2, 0.25) is 10.0 Å². The van der Waals surface area contributed by atoms with E-state index >= 15 is 0 Å². The van der Waals surface area contributed by atoms with Crippen molar-refractivity contribution in [1.29, 1.82) is 0 Å². The fraction of sp³-hybridized carbons (Fsp3) is 0.222. The van der Waals surface area contributed by atoms with Crippen LogP contribution >= 0.6 is 23.2 Å². The van der Waals surface area contributed by atoms with E-state index in [1.54, 1.807) is 36.4 Å². The van der Waals surface area contributed by atoms with E-state index in [0.717, 1.165) is 13.0 Å². The van der Waals surface area contributed by atoms with Gasteiger partial charge in [0.25, 0.3) is 0 Å². The number of fused-ring (bicyclic) bond motifs is 1. The first-order valence-corrected chi connectivity index (χ1v) is 8.63. The van der Waals surface area contributed by atoms with Crippen molar-refractivity contribution in [2.45, 2.75) is 12.5 Å². The van der Waals surface area contributed by atoms with Gasteiger partial charge in [-0.05, 0) is 49.4 Å². The van der Waals surface area contributed by atoms with Crippen LogP contribution in [-0.2, 0) is 4.74 Å². The number of hydrogen-bond acceptors (Lipinski definition) is 5. The normalized spacial score (nSPS) is 17.1. The van der Waals surface area contributed by atoms with Gasteiger partial charge >= 0.3 is 5.97 Å². The van der Waals surface area contributed by atoms with Gasteiger partial charge in [0, 0.05) is 22.2 Å². The van der Waals surface area contributed by atoms with E-state index in [0.29, 0.717) is 44.7 Å². The number of hydrogen-bond donors (Lipinski definition) is 1. The summed E-state index contributed by atoms with van der Waals surface area (Å²) in [7, 11) is 0. The summed E-state index contributed by atoms with van der Waals surface area (Å²) in [6, 6.07) is 10.1. The number of carbonyl (C=O) groups is 1. The number of carbonyl (C=O) groups excluding carboxylic acids is 1. The number of rotatable bonds is 3. The van der Waals surface area contributed by atoms with E-state index in [2.05, 4.69) is 10.3 Å². The number of nitrogens with one attached hydrogen (secondary N) is 1. The van der Waals surface area contributed by atoms with Crippen molar-refractivity contribution in [2.75, 3.05) is 13.1 Å². The third-order valence-electron chi connectivity index (χ3n) is 4.02. The van der Waals surface area contributed by atoms with Crippen LogP contribution in [0.1, 0.15) is 16.8 Å². The molecule has 1 N–H and O–H groups in total. The molecular formula is C18H14Cl2N2O3. The van der Waals surface area contributed by atoms with E-state index in [-0.39, 0.29) is 12.1 Å². The maximum Gasteiger partial charge on any atom is 0.338 e. The summed E-state index contributed by atoms with van der Waals surface area (Å²) in [5.74, 6) is 0.0317. The first kappa shape index (κ1) is 16.4. The average molecular weight is 377 g/mol. The van der Waals surface area contributed by atoms with Gasteiger partial charge in [-0.1, -0.05) is 23.2 Å².